The Labute approximate surface area is 62.6 Å². The van der Waals surface area contributed by atoms with E-state index in [2.05, 4.69) is 15.3 Å². The van der Waals surface area contributed by atoms with Gasteiger partial charge in [-0.3, -0.25) is 0 Å². The molecule has 1 N–H and O–H groups in total. The predicted molar refractivity (Wildman–Crippen MR) is 40.7 cm³/mol. The highest BCUT2D eigenvalue weighted by Gasteiger charge is 2.03. The lowest BCUT2D eigenvalue weighted by molar-refractivity contribution is 1.05. The van der Waals surface area contributed by atoms with E-state index < -0.39 is 0 Å². The lowest BCUT2D eigenvalue weighted by Gasteiger charge is -2.07. The van der Waals surface area contributed by atoms with Crippen LogP contribution < -0.4 is 5.32 Å². The molecule has 2 heterocycles. The third kappa shape index (κ3) is 0.863. The Bertz CT molecular complexity index is 244. The maximum Gasteiger partial charge on any atom is 0.127 e. The quantitative estimate of drug-likeness (QED) is 0.570. The van der Waals surface area contributed by atoms with Crippen molar-refractivity contribution in [2.75, 3.05) is 5.32 Å². The lowest BCUT2D eigenvalue weighted by atomic mass is 10.5. The molecular weight excluding hydrogens is 146 g/mol. The first-order chi connectivity index (χ1) is 4.97. The number of nitrogens with zero attached hydrogens (tertiary/aromatic N) is 2. The normalized spacial score (nSPS) is 14.0. The molecule has 3 nitrogen and oxygen atoms in total. The van der Waals surface area contributed by atoms with Crippen LogP contribution in [0.1, 0.15) is 0 Å². The van der Waals surface area contributed by atoms with Crippen molar-refractivity contribution in [2.45, 2.75) is 5.03 Å². The molecule has 4 heteroatoms. The minimum atomic E-state index is 0.981. The number of nitrogens with one attached hydrogen (secondary N) is 1. The van der Waals surface area contributed by atoms with Crippen LogP contribution in [0.15, 0.2) is 29.2 Å². The van der Waals surface area contributed by atoms with Gasteiger partial charge in [0.15, 0.2) is 0 Å². The Morgan fingerprint density at radius 2 is 2.50 bits per heavy atom. The van der Waals surface area contributed by atoms with E-state index >= 15 is 0 Å². The van der Waals surface area contributed by atoms with Gasteiger partial charge in [0.1, 0.15) is 11.4 Å². The SMILES string of the molecule is C1=CSc2ncncc2N1. The molecule has 1 aliphatic heterocycles. The van der Waals surface area contributed by atoms with E-state index in [4.69, 9.17) is 0 Å². The summed E-state index contributed by atoms with van der Waals surface area (Å²) in [6, 6.07) is 0. The van der Waals surface area contributed by atoms with E-state index in [0.717, 1.165) is 10.7 Å². The van der Waals surface area contributed by atoms with Crippen molar-refractivity contribution in [3.8, 4) is 0 Å². The molecule has 0 saturated heterocycles. The molecule has 0 aliphatic carbocycles. The summed E-state index contributed by atoms with van der Waals surface area (Å²) in [7, 11) is 0. The van der Waals surface area contributed by atoms with Crippen LogP contribution in [0.2, 0.25) is 0 Å². The van der Waals surface area contributed by atoms with Crippen LogP contribution in [0.4, 0.5) is 5.69 Å². The van der Waals surface area contributed by atoms with Gasteiger partial charge in [0.2, 0.25) is 0 Å². The topological polar surface area (TPSA) is 37.8 Å². The summed E-state index contributed by atoms with van der Waals surface area (Å²) in [6.45, 7) is 0. The van der Waals surface area contributed by atoms with Gasteiger partial charge in [0, 0.05) is 6.20 Å². The summed E-state index contributed by atoms with van der Waals surface area (Å²) in [4.78, 5) is 7.93. The summed E-state index contributed by atoms with van der Waals surface area (Å²) in [6.07, 6.45) is 5.18. The third-order valence-corrected chi connectivity index (χ3v) is 1.98. The number of fused-ring (bicyclic) bond motifs is 1. The van der Waals surface area contributed by atoms with Crippen molar-refractivity contribution < 1.29 is 0 Å². The van der Waals surface area contributed by atoms with Gasteiger partial charge >= 0.3 is 0 Å². The van der Waals surface area contributed by atoms with Gasteiger partial charge < -0.3 is 5.32 Å². The Morgan fingerprint density at radius 3 is 3.40 bits per heavy atom. The van der Waals surface area contributed by atoms with Crippen molar-refractivity contribution >= 4 is 17.4 Å². The Balaban J connectivity index is 2.47. The van der Waals surface area contributed by atoms with Crippen LogP contribution >= 0.6 is 11.8 Å². The summed E-state index contributed by atoms with van der Waals surface area (Å²) >= 11 is 1.59. The molecule has 0 bridgehead atoms. The Hall–Kier alpha value is -1.03. The molecule has 0 amide bonds. The summed E-state index contributed by atoms with van der Waals surface area (Å²) in [5.74, 6) is 0. The summed E-state index contributed by atoms with van der Waals surface area (Å²) < 4.78 is 0. The number of rotatable bonds is 0. The Kier molecular flexibility index (Phi) is 1.32. The van der Waals surface area contributed by atoms with E-state index in [1.54, 1.807) is 24.3 Å². The zero-order valence-corrected chi connectivity index (χ0v) is 5.93. The molecule has 1 aromatic heterocycles. The molecule has 1 aromatic rings. The molecule has 50 valence electrons. The highest BCUT2D eigenvalue weighted by molar-refractivity contribution is 8.02. The molecule has 0 unspecified atom stereocenters. The third-order valence-electron chi connectivity index (χ3n) is 1.16. The smallest absolute Gasteiger partial charge is 0.127 e. The molecule has 0 fully saturated rings. The summed E-state index contributed by atoms with van der Waals surface area (Å²) in [5.41, 5.74) is 0.981. The number of hydrogen-bond donors (Lipinski definition) is 1. The monoisotopic (exact) mass is 151 g/mol. The fraction of sp³-hybridized carbons (Fsp3) is 0. The first-order valence-corrected chi connectivity index (χ1v) is 3.73. The second-order valence-electron chi connectivity index (χ2n) is 1.81. The van der Waals surface area contributed by atoms with Crippen LogP contribution in [0.5, 0.6) is 0 Å². The largest absolute Gasteiger partial charge is 0.358 e. The zero-order valence-electron chi connectivity index (χ0n) is 5.11. The van der Waals surface area contributed by atoms with Crippen LogP contribution in [0, 0.1) is 0 Å². The fourth-order valence-corrected chi connectivity index (χ4v) is 1.35. The molecule has 0 spiro atoms. The average Bonchev–Trinajstić information content (AvgIpc) is 2.05. The molecule has 0 aromatic carbocycles. The van der Waals surface area contributed by atoms with Crippen molar-refractivity contribution in [3.63, 3.8) is 0 Å². The molecule has 0 radical (unpaired) electrons. The Morgan fingerprint density at radius 1 is 1.50 bits per heavy atom. The number of hydrogen-bond acceptors (Lipinski definition) is 4. The zero-order chi connectivity index (χ0) is 6.81. The van der Waals surface area contributed by atoms with Crippen molar-refractivity contribution in [1.29, 1.82) is 0 Å². The molecule has 0 atom stereocenters. The number of thioether (sulfide) groups is 1. The van der Waals surface area contributed by atoms with Crippen molar-refractivity contribution in [1.82, 2.24) is 9.97 Å². The molecule has 0 saturated carbocycles. The second-order valence-corrected chi connectivity index (χ2v) is 2.70. The standard InChI is InChI=1S/C6H5N3S/c1-2-10-6-5(8-1)3-7-4-9-6/h1-4,8H. The first kappa shape index (κ1) is 5.73. The average molecular weight is 151 g/mol. The van der Waals surface area contributed by atoms with Crippen LogP contribution in [-0.4, -0.2) is 9.97 Å². The van der Waals surface area contributed by atoms with Gasteiger partial charge in [-0.05, 0) is 5.41 Å². The van der Waals surface area contributed by atoms with Crippen molar-refractivity contribution in [3.05, 3.63) is 24.1 Å². The van der Waals surface area contributed by atoms with E-state index in [9.17, 15) is 0 Å². The van der Waals surface area contributed by atoms with E-state index in [0.29, 0.717) is 0 Å². The predicted octanol–water partition coefficient (Wildman–Crippen LogP) is 1.47. The number of anilines is 1. The maximum atomic E-state index is 4.06. The van der Waals surface area contributed by atoms with Gasteiger partial charge in [0.25, 0.3) is 0 Å². The van der Waals surface area contributed by atoms with E-state index in [1.165, 1.54) is 0 Å². The minimum Gasteiger partial charge on any atom is -0.358 e. The number of aromatic nitrogens is 2. The lowest BCUT2D eigenvalue weighted by Crippen LogP contribution is -1.95. The highest BCUT2D eigenvalue weighted by Crippen LogP contribution is 2.27. The molecule has 1 aliphatic rings. The highest BCUT2D eigenvalue weighted by atomic mass is 32.2. The van der Waals surface area contributed by atoms with Gasteiger partial charge in [-0.25, -0.2) is 9.97 Å². The van der Waals surface area contributed by atoms with Crippen molar-refractivity contribution in [2.24, 2.45) is 0 Å². The van der Waals surface area contributed by atoms with Gasteiger partial charge in [-0.15, -0.1) is 0 Å². The van der Waals surface area contributed by atoms with E-state index in [1.807, 2.05) is 11.6 Å². The van der Waals surface area contributed by atoms with Gasteiger partial charge in [0.05, 0.1) is 11.9 Å². The van der Waals surface area contributed by atoms with Crippen LogP contribution in [-0.2, 0) is 0 Å². The molecular formula is C6H5N3S. The van der Waals surface area contributed by atoms with E-state index in [-0.39, 0.29) is 0 Å². The van der Waals surface area contributed by atoms with Crippen LogP contribution in [0.25, 0.3) is 0 Å². The summed E-state index contributed by atoms with van der Waals surface area (Å²) in [5, 5.41) is 5.97. The second kappa shape index (κ2) is 2.30. The fourth-order valence-electron chi connectivity index (χ4n) is 0.734. The van der Waals surface area contributed by atoms with Crippen LogP contribution in [0.3, 0.4) is 0 Å². The maximum absolute atomic E-state index is 4.06. The molecule has 2 rings (SSSR count). The van der Waals surface area contributed by atoms with Gasteiger partial charge in [-0.1, -0.05) is 11.8 Å². The first-order valence-electron chi connectivity index (χ1n) is 2.85. The van der Waals surface area contributed by atoms with Gasteiger partial charge in [-0.2, -0.15) is 0 Å². The minimum absolute atomic E-state index is 0.981. The molecule has 10 heavy (non-hydrogen) atoms.